The molecule has 1 unspecified atom stereocenters. The summed E-state index contributed by atoms with van der Waals surface area (Å²) in [5.41, 5.74) is -1.66. The third-order valence-electron chi connectivity index (χ3n) is 2.98. The second kappa shape index (κ2) is 6.18. The van der Waals surface area contributed by atoms with Crippen molar-refractivity contribution >= 4 is 5.97 Å². The van der Waals surface area contributed by atoms with Gasteiger partial charge in [-0.25, -0.2) is 4.79 Å². The van der Waals surface area contributed by atoms with Gasteiger partial charge in [0, 0.05) is 19.6 Å². The molecule has 0 amide bonds. The fourth-order valence-corrected chi connectivity index (χ4v) is 1.83. The van der Waals surface area contributed by atoms with Crippen LogP contribution in [-0.2, 0) is 4.79 Å². The molecule has 0 aromatic rings. The van der Waals surface area contributed by atoms with E-state index >= 15 is 0 Å². The largest absolute Gasteiger partial charge is 0.479 e. The predicted molar refractivity (Wildman–Crippen MR) is 61.4 cm³/mol. The molecule has 1 heterocycles. The smallest absolute Gasteiger partial charge is 0.336 e. The Morgan fingerprint density at radius 1 is 1.38 bits per heavy atom. The normalized spacial score (nSPS) is 21.6. The van der Waals surface area contributed by atoms with Crippen molar-refractivity contribution in [1.82, 2.24) is 10.2 Å². The Morgan fingerprint density at radius 2 is 2.00 bits per heavy atom. The Morgan fingerprint density at radius 3 is 2.56 bits per heavy atom. The van der Waals surface area contributed by atoms with Gasteiger partial charge >= 0.3 is 5.97 Å². The first kappa shape index (κ1) is 13.4. The molecule has 1 atom stereocenters. The minimum Gasteiger partial charge on any atom is -0.479 e. The van der Waals surface area contributed by atoms with Gasteiger partial charge in [-0.15, -0.1) is 0 Å². The van der Waals surface area contributed by atoms with Crippen LogP contribution in [0.25, 0.3) is 0 Å². The Labute approximate surface area is 96.4 Å². The molecule has 5 heteroatoms. The highest BCUT2D eigenvalue weighted by Crippen LogP contribution is 2.07. The topological polar surface area (TPSA) is 72.8 Å². The second-order valence-corrected chi connectivity index (χ2v) is 4.66. The van der Waals surface area contributed by atoms with Gasteiger partial charge in [0.05, 0.1) is 0 Å². The molecule has 0 aliphatic carbocycles. The number of nitrogens with zero attached hydrogens (tertiary/aromatic N) is 1. The van der Waals surface area contributed by atoms with Crippen LogP contribution < -0.4 is 5.32 Å². The molecule has 94 valence electrons. The Bertz CT molecular complexity index is 225. The van der Waals surface area contributed by atoms with Crippen molar-refractivity contribution in [2.75, 3.05) is 32.7 Å². The van der Waals surface area contributed by atoms with E-state index in [-0.39, 0.29) is 6.54 Å². The molecule has 5 nitrogen and oxygen atoms in total. The number of piperidine rings is 1. The SMILES string of the molecule is CC(O)(CNCCN1CCCCC1)C(=O)O. The highest BCUT2D eigenvalue weighted by Gasteiger charge is 2.28. The van der Waals surface area contributed by atoms with E-state index in [4.69, 9.17) is 5.11 Å². The molecule has 1 saturated heterocycles. The number of aliphatic hydroxyl groups is 1. The van der Waals surface area contributed by atoms with Gasteiger partial charge in [0.1, 0.15) is 0 Å². The highest BCUT2D eigenvalue weighted by atomic mass is 16.4. The number of carbonyl (C=O) groups is 1. The number of aliphatic carboxylic acids is 1. The van der Waals surface area contributed by atoms with Gasteiger partial charge in [-0.2, -0.15) is 0 Å². The molecular formula is C11H22N2O3. The van der Waals surface area contributed by atoms with Crippen LogP contribution in [0, 0.1) is 0 Å². The maximum atomic E-state index is 10.6. The molecule has 1 aliphatic heterocycles. The first-order chi connectivity index (χ1) is 7.52. The number of nitrogens with one attached hydrogen (secondary N) is 1. The molecule has 0 bridgehead atoms. The van der Waals surface area contributed by atoms with Crippen molar-refractivity contribution in [2.45, 2.75) is 31.8 Å². The average Bonchev–Trinajstić information content (AvgIpc) is 2.26. The number of likely N-dealkylation sites (tertiary alicyclic amines) is 1. The van der Waals surface area contributed by atoms with Crippen LogP contribution >= 0.6 is 0 Å². The van der Waals surface area contributed by atoms with Crippen LogP contribution in [0.3, 0.4) is 0 Å². The van der Waals surface area contributed by atoms with E-state index in [0.29, 0.717) is 0 Å². The van der Waals surface area contributed by atoms with Crippen LogP contribution in [0.1, 0.15) is 26.2 Å². The number of carboxylic acid groups (broad SMARTS) is 1. The summed E-state index contributed by atoms with van der Waals surface area (Å²) in [6, 6.07) is 0. The fraction of sp³-hybridized carbons (Fsp3) is 0.909. The lowest BCUT2D eigenvalue weighted by Gasteiger charge is -2.27. The van der Waals surface area contributed by atoms with Gasteiger partial charge in [-0.3, -0.25) is 0 Å². The van der Waals surface area contributed by atoms with Gasteiger partial charge in [-0.05, 0) is 32.9 Å². The second-order valence-electron chi connectivity index (χ2n) is 4.66. The molecule has 0 spiro atoms. The number of carboxylic acids is 1. The monoisotopic (exact) mass is 230 g/mol. The summed E-state index contributed by atoms with van der Waals surface area (Å²) in [6.45, 7) is 5.33. The summed E-state index contributed by atoms with van der Waals surface area (Å²) >= 11 is 0. The van der Waals surface area contributed by atoms with Crippen molar-refractivity contribution in [3.05, 3.63) is 0 Å². The van der Waals surface area contributed by atoms with E-state index in [1.165, 1.54) is 26.2 Å². The summed E-state index contributed by atoms with van der Waals surface area (Å²) in [5, 5.41) is 21.1. The first-order valence-electron chi connectivity index (χ1n) is 5.91. The Kier molecular flexibility index (Phi) is 5.18. The van der Waals surface area contributed by atoms with Gasteiger partial charge < -0.3 is 20.4 Å². The van der Waals surface area contributed by atoms with Gasteiger partial charge in [0.2, 0.25) is 0 Å². The summed E-state index contributed by atoms with van der Waals surface area (Å²) in [4.78, 5) is 13.0. The van der Waals surface area contributed by atoms with Crippen LogP contribution in [0.15, 0.2) is 0 Å². The lowest BCUT2D eigenvalue weighted by molar-refractivity contribution is -0.156. The maximum absolute atomic E-state index is 10.6. The lowest BCUT2D eigenvalue weighted by atomic mass is 10.1. The quantitative estimate of drug-likeness (QED) is 0.556. The fourth-order valence-electron chi connectivity index (χ4n) is 1.83. The molecular weight excluding hydrogens is 208 g/mol. The first-order valence-corrected chi connectivity index (χ1v) is 5.91. The van der Waals surface area contributed by atoms with Crippen molar-refractivity contribution < 1.29 is 15.0 Å². The number of hydrogen-bond donors (Lipinski definition) is 3. The van der Waals surface area contributed by atoms with Crippen LogP contribution in [-0.4, -0.2) is 59.4 Å². The summed E-state index contributed by atoms with van der Waals surface area (Å²) in [5.74, 6) is -1.18. The lowest BCUT2D eigenvalue weighted by Crippen LogP contribution is -2.46. The minimum absolute atomic E-state index is 0.0934. The van der Waals surface area contributed by atoms with Crippen LogP contribution in [0.4, 0.5) is 0 Å². The summed E-state index contributed by atoms with van der Waals surface area (Å²) < 4.78 is 0. The molecule has 1 rings (SSSR count). The molecule has 16 heavy (non-hydrogen) atoms. The van der Waals surface area contributed by atoms with E-state index in [1.54, 1.807) is 0 Å². The molecule has 3 N–H and O–H groups in total. The molecule has 0 saturated carbocycles. The van der Waals surface area contributed by atoms with Crippen molar-refractivity contribution in [3.8, 4) is 0 Å². The third kappa shape index (κ3) is 4.47. The van der Waals surface area contributed by atoms with Crippen LogP contribution in [0.2, 0.25) is 0 Å². The zero-order valence-corrected chi connectivity index (χ0v) is 9.91. The van der Waals surface area contributed by atoms with E-state index in [2.05, 4.69) is 10.2 Å². The van der Waals surface area contributed by atoms with E-state index in [9.17, 15) is 9.90 Å². The summed E-state index contributed by atoms with van der Waals surface area (Å²) in [6.07, 6.45) is 3.83. The zero-order chi connectivity index (χ0) is 12.0. The summed E-state index contributed by atoms with van der Waals surface area (Å²) in [7, 11) is 0. The standard InChI is InChI=1S/C11H22N2O3/c1-11(16,10(14)15)9-12-5-8-13-6-3-2-4-7-13/h12,16H,2-9H2,1H3,(H,14,15). The van der Waals surface area contributed by atoms with Gasteiger partial charge in [0.15, 0.2) is 5.60 Å². The van der Waals surface area contributed by atoms with E-state index in [1.807, 2.05) is 0 Å². The van der Waals surface area contributed by atoms with Gasteiger partial charge in [0.25, 0.3) is 0 Å². The van der Waals surface area contributed by atoms with Gasteiger partial charge in [-0.1, -0.05) is 6.42 Å². The highest BCUT2D eigenvalue weighted by molar-refractivity contribution is 5.76. The number of rotatable bonds is 6. The average molecular weight is 230 g/mol. The Balaban J connectivity index is 2.09. The zero-order valence-electron chi connectivity index (χ0n) is 9.91. The molecule has 0 aromatic carbocycles. The molecule has 1 aliphatic rings. The molecule has 0 radical (unpaired) electrons. The minimum atomic E-state index is -1.66. The van der Waals surface area contributed by atoms with E-state index < -0.39 is 11.6 Å². The van der Waals surface area contributed by atoms with Crippen molar-refractivity contribution in [3.63, 3.8) is 0 Å². The third-order valence-corrected chi connectivity index (χ3v) is 2.98. The number of hydrogen-bond acceptors (Lipinski definition) is 4. The van der Waals surface area contributed by atoms with E-state index in [0.717, 1.165) is 26.2 Å². The van der Waals surface area contributed by atoms with Crippen molar-refractivity contribution in [1.29, 1.82) is 0 Å². The molecule has 1 fully saturated rings. The Hall–Kier alpha value is -0.650. The predicted octanol–water partition coefficient (Wildman–Crippen LogP) is -0.102. The van der Waals surface area contributed by atoms with Crippen LogP contribution in [0.5, 0.6) is 0 Å². The molecule has 0 aromatic heterocycles. The van der Waals surface area contributed by atoms with Crippen molar-refractivity contribution in [2.24, 2.45) is 0 Å². The maximum Gasteiger partial charge on any atom is 0.336 e.